The lowest BCUT2D eigenvalue weighted by Crippen LogP contribution is -2.37. The smallest absolute Gasteiger partial charge is 0.191 e. The molecular weight excluding hydrogens is 300 g/mol. The normalized spacial score (nSPS) is 11.7. The largest absolute Gasteiger partial charge is 0.382 e. The molecule has 0 bridgehead atoms. The lowest BCUT2D eigenvalue weighted by Gasteiger charge is -2.11. The van der Waals surface area contributed by atoms with E-state index in [0.29, 0.717) is 19.8 Å². The molecule has 126 valence electrons. The summed E-state index contributed by atoms with van der Waals surface area (Å²) >= 11 is 1.69. The number of guanidine groups is 1. The number of nitrogens with one attached hydrogen (secondary N) is 2. The molecule has 0 fully saturated rings. The van der Waals surface area contributed by atoms with Crippen molar-refractivity contribution in [2.24, 2.45) is 4.99 Å². The number of methoxy groups -OCH3 is 1. The molecule has 0 radical (unpaired) electrons. The molecule has 6 nitrogen and oxygen atoms in total. The first-order valence-corrected chi connectivity index (χ1v) is 8.58. The topological polar surface area (TPSA) is 67.8 Å². The summed E-state index contributed by atoms with van der Waals surface area (Å²) in [5.74, 6) is 0.843. The predicted octanol–water partition coefficient (Wildman–Crippen LogP) is 1.95. The van der Waals surface area contributed by atoms with Crippen LogP contribution in [0.25, 0.3) is 0 Å². The summed E-state index contributed by atoms with van der Waals surface area (Å²) in [5, 5.41) is 7.62. The van der Waals surface area contributed by atoms with Crippen molar-refractivity contribution in [1.82, 2.24) is 15.6 Å². The fraction of sp³-hybridized carbons (Fsp3) is 0.733. The molecule has 0 aliphatic carbocycles. The number of thiazole rings is 1. The maximum atomic E-state index is 5.43. The van der Waals surface area contributed by atoms with E-state index in [1.807, 2.05) is 6.20 Å². The second-order valence-corrected chi connectivity index (χ2v) is 6.12. The number of aromatic nitrogens is 1. The van der Waals surface area contributed by atoms with Gasteiger partial charge in [-0.25, -0.2) is 9.98 Å². The maximum absolute atomic E-state index is 5.43. The van der Waals surface area contributed by atoms with Crippen LogP contribution >= 0.6 is 11.3 Å². The van der Waals surface area contributed by atoms with Crippen molar-refractivity contribution >= 4 is 17.3 Å². The zero-order chi connectivity index (χ0) is 16.0. The maximum Gasteiger partial charge on any atom is 0.191 e. The van der Waals surface area contributed by atoms with Crippen molar-refractivity contribution in [2.75, 3.05) is 40.0 Å². The number of hydrogen-bond donors (Lipinski definition) is 2. The van der Waals surface area contributed by atoms with Crippen molar-refractivity contribution in [3.63, 3.8) is 0 Å². The molecule has 1 aromatic rings. The Hall–Kier alpha value is -1.18. The summed E-state index contributed by atoms with van der Waals surface area (Å²) < 4.78 is 10.4. The molecule has 0 saturated heterocycles. The monoisotopic (exact) mass is 328 g/mol. The van der Waals surface area contributed by atoms with Crippen LogP contribution in [0.4, 0.5) is 0 Å². The van der Waals surface area contributed by atoms with Gasteiger partial charge in [-0.15, -0.1) is 11.3 Å². The second-order valence-electron chi connectivity index (χ2n) is 4.80. The number of hydrogen-bond acceptors (Lipinski definition) is 5. The van der Waals surface area contributed by atoms with Crippen molar-refractivity contribution in [1.29, 1.82) is 0 Å². The Kier molecular flexibility index (Phi) is 10.6. The van der Waals surface area contributed by atoms with Crippen molar-refractivity contribution in [2.45, 2.75) is 33.2 Å². The van der Waals surface area contributed by atoms with Gasteiger partial charge in [0.15, 0.2) is 5.96 Å². The standard InChI is InChI=1S/C15H28N4O2S/c1-4-16-15(19-12-14-18-11-13(2)22-14)17-7-5-6-8-21-10-9-20-3/h11H,4-10,12H2,1-3H3,(H2,16,17,19). The van der Waals surface area contributed by atoms with Gasteiger partial charge in [0.1, 0.15) is 5.01 Å². The molecule has 0 aliphatic heterocycles. The van der Waals surface area contributed by atoms with E-state index in [9.17, 15) is 0 Å². The summed E-state index contributed by atoms with van der Waals surface area (Å²) in [4.78, 5) is 10.1. The minimum atomic E-state index is 0.619. The molecule has 1 heterocycles. The fourth-order valence-corrected chi connectivity index (χ4v) is 2.45. The number of nitrogens with zero attached hydrogens (tertiary/aromatic N) is 2. The van der Waals surface area contributed by atoms with E-state index >= 15 is 0 Å². The van der Waals surface area contributed by atoms with E-state index in [-0.39, 0.29) is 0 Å². The average Bonchev–Trinajstić information content (AvgIpc) is 2.93. The van der Waals surface area contributed by atoms with E-state index in [4.69, 9.17) is 9.47 Å². The van der Waals surface area contributed by atoms with Crippen LogP contribution in [0.1, 0.15) is 29.7 Å². The molecule has 0 aromatic carbocycles. The Bertz CT molecular complexity index is 423. The van der Waals surface area contributed by atoms with Gasteiger partial charge in [0.2, 0.25) is 0 Å². The predicted molar refractivity (Wildman–Crippen MR) is 91.6 cm³/mol. The Balaban J connectivity index is 2.17. The van der Waals surface area contributed by atoms with Gasteiger partial charge in [-0.1, -0.05) is 0 Å². The van der Waals surface area contributed by atoms with Crippen LogP contribution in [-0.4, -0.2) is 51.0 Å². The Labute approximate surface area is 137 Å². The van der Waals surface area contributed by atoms with Gasteiger partial charge < -0.3 is 20.1 Å². The summed E-state index contributed by atoms with van der Waals surface area (Å²) in [6.07, 6.45) is 3.97. The Morgan fingerprint density at radius 2 is 2.14 bits per heavy atom. The summed E-state index contributed by atoms with van der Waals surface area (Å²) in [6, 6.07) is 0. The average molecular weight is 328 g/mol. The number of ether oxygens (including phenoxy) is 2. The van der Waals surface area contributed by atoms with E-state index in [1.165, 1.54) is 4.88 Å². The van der Waals surface area contributed by atoms with Gasteiger partial charge in [0.25, 0.3) is 0 Å². The summed E-state index contributed by atoms with van der Waals surface area (Å²) in [7, 11) is 1.68. The molecular formula is C15H28N4O2S. The van der Waals surface area contributed by atoms with E-state index in [0.717, 1.165) is 43.5 Å². The highest BCUT2D eigenvalue weighted by molar-refractivity contribution is 7.11. The fourth-order valence-electron chi connectivity index (χ4n) is 1.74. The summed E-state index contributed by atoms with van der Waals surface area (Å²) in [5.41, 5.74) is 0. The molecule has 1 aromatic heterocycles. The third-order valence-electron chi connectivity index (χ3n) is 2.83. The minimum absolute atomic E-state index is 0.619. The van der Waals surface area contributed by atoms with E-state index in [1.54, 1.807) is 18.4 Å². The zero-order valence-electron chi connectivity index (χ0n) is 13.9. The minimum Gasteiger partial charge on any atom is -0.382 e. The summed E-state index contributed by atoms with van der Waals surface area (Å²) in [6.45, 7) is 8.58. The van der Waals surface area contributed by atoms with Crippen molar-refractivity contribution in [3.8, 4) is 0 Å². The zero-order valence-corrected chi connectivity index (χ0v) is 14.7. The molecule has 2 N–H and O–H groups in total. The van der Waals surface area contributed by atoms with Crippen molar-refractivity contribution in [3.05, 3.63) is 16.1 Å². The number of aliphatic imine (C=N–C) groups is 1. The lowest BCUT2D eigenvalue weighted by atomic mass is 10.3. The lowest BCUT2D eigenvalue weighted by molar-refractivity contribution is 0.0689. The first-order valence-electron chi connectivity index (χ1n) is 7.76. The second kappa shape index (κ2) is 12.4. The van der Waals surface area contributed by atoms with Gasteiger partial charge in [0.05, 0.1) is 19.8 Å². The molecule has 0 amide bonds. The van der Waals surface area contributed by atoms with Gasteiger partial charge >= 0.3 is 0 Å². The quantitative estimate of drug-likeness (QED) is 0.369. The molecule has 1 rings (SSSR count). The van der Waals surface area contributed by atoms with Crippen LogP contribution in [0.3, 0.4) is 0 Å². The van der Waals surface area contributed by atoms with Gasteiger partial charge in [-0.05, 0) is 26.7 Å². The van der Waals surface area contributed by atoms with Gasteiger partial charge in [0, 0.05) is 37.9 Å². The van der Waals surface area contributed by atoms with Gasteiger partial charge in [-0.3, -0.25) is 0 Å². The molecule has 0 spiro atoms. The Morgan fingerprint density at radius 3 is 2.82 bits per heavy atom. The highest BCUT2D eigenvalue weighted by Crippen LogP contribution is 2.11. The van der Waals surface area contributed by atoms with Crippen LogP contribution in [0.15, 0.2) is 11.2 Å². The van der Waals surface area contributed by atoms with Crippen LogP contribution < -0.4 is 10.6 Å². The van der Waals surface area contributed by atoms with E-state index in [2.05, 4.69) is 34.5 Å². The third-order valence-corrected chi connectivity index (χ3v) is 3.72. The molecule has 0 atom stereocenters. The van der Waals surface area contributed by atoms with E-state index < -0.39 is 0 Å². The highest BCUT2D eigenvalue weighted by Gasteiger charge is 2.00. The Morgan fingerprint density at radius 1 is 1.27 bits per heavy atom. The number of rotatable bonds is 11. The molecule has 0 saturated carbocycles. The van der Waals surface area contributed by atoms with Crippen molar-refractivity contribution < 1.29 is 9.47 Å². The molecule has 0 unspecified atom stereocenters. The SMILES string of the molecule is CCNC(=NCc1ncc(C)s1)NCCCCOCCOC. The molecule has 7 heteroatoms. The number of aryl methyl sites for hydroxylation is 1. The van der Waals surface area contributed by atoms with Crippen LogP contribution in [0.2, 0.25) is 0 Å². The first-order chi connectivity index (χ1) is 10.8. The number of unbranched alkanes of at least 4 members (excludes halogenated alkanes) is 1. The van der Waals surface area contributed by atoms with Gasteiger partial charge in [-0.2, -0.15) is 0 Å². The van der Waals surface area contributed by atoms with Crippen LogP contribution in [-0.2, 0) is 16.0 Å². The molecule has 0 aliphatic rings. The molecule has 22 heavy (non-hydrogen) atoms. The highest BCUT2D eigenvalue weighted by atomic mass is 32.1. The van der Waals surface area contributed by atoms with Crippen LogP contribution in [0.5, 0.6) is 0 Å². The first kappa shape index (κ1) is 18.9. The van der Waals surface area contributed by atoms with Crippen LogP contribution in [0, 0.1) is 6.92 Å². The third kappa shape index (κ3) is 8.96.